The minimum absolute atomic E-state index is 0.250. The third-order valence-corrected chi connectivity index (χ3v) is 5.94. The minimum Gasteiger partial charge on any atom is -0.355 e. The second-order valence-electron chi connectivity index (χ2n) is 7.89. The van der Waals surface area contributed by atoms with Gasteiger partial charge in [-0.05, 0) is 31.6 Å². The second-order valence-corrected chi connectivity index (χ2v) is 7.89. The molecule has 2 N–H and O–H groups in total. The molecular weight excluding hydrogens is 300 g/mol. The van der Waals surface area contributed by atoms with E-state index < -0.39 is 0 Å². The molecule has 2 saturated carbocycles. The van der Waals surface area contributed by atoms with Crippen molar-refractivity contribution in [1.29, 1.82) is 0 Å². The van der Waals surface area contributed by atoms with E-state index >= 15 is 0 Å². The Hall–Kier alpha value is -1.26. The number of hydrogen-bond acceptors (Lipinski definition) is 2. The molecule has 2 aliphatic carbocycles. The van der Waals surface area contributed by atoms with Gasteiger partial charge in [0.2, 0.25) is 5.91 Å². The Labute approximate surface area is 147 Å². The first kappa shape index (κ1) is 19.1. The maximum absolute atomic E-state index is 12.7. The van der Waals surface area contributed by atoms with Crippen LogP contribution in [0, 0.1) is 11.3 Å². The molecule has 5 heteroatoms. The molecule has 0 heterocycles. The summed E-state index contributed by atoms with van der Waals surface area (Å²) in [6.07, 6.45) is 10.6. The predicted octanol–water partition coefficient (Wildman–Crippen LogP) is 2.77. The number of aliphatic imine (C=N–C) groups is 1. The largest absolute Gasteiger partial charge is 0.355 e. The van der Waals surface area contributed by atoms with Crippen molar-refractivity contribution in [3.05, 3.63) is 0 Å². The first-order valence-electron chi connectivity index (χ1n) is 9.69. The highest BCUT2D eigenvalue weighted by atomic mass is 16.2. The topological polar surface area (TPSA) is 56.7 Å². The molecule has 2 aliphatic rings. The summed E-state index contributed by atoms with van der Waals surface area (Å²) in [5.74, 6) is 1.95. The van der Waals surface area contributed by atoms with Crippen LogP contribution in [0.5, 0.6) is 0 Å². The number of guanidine groups is 1. The molecule has 0 spiro atoms. The van der Waals surface area contributed by atoms with Crippen LogP contribution in [0.3, 0.4) is 0 Å². The number of amides is 1. The summed E-state index contributed by atoms with van der Waals surface area (Å²) in [6.45, 7) is 2.98. The third-order valence-electron chi connectivity index (χ3n) is 5.94. The molecule has 2 fully saturated rings. The van der Waals surface area contributed by atoms with Crippen molar-refractivity contribution in [1.82, 2.24) is 15.5 Å². The molecule has 0 aromatic carbocycles. The lowest BCUT2D eigenvalue weighted by Gasteiger charge is -2.33. The molecule has 0 bridgehead atoms. The van der Waals surface area contributed by atoms with E-state index in [0.29, 0.717) is 12.6 Å². The smallest absolute Gasteiger partial charge is 0.230 e. The van der Waals surface area contributed by atoms with Gasteiger partial charge in [-0.15, -0.1) is 0 Å². The lowest BCUT2D eigenvalue weighted by molar-refractivity contribution is -0.138. The fourth-order valence-electron chi connectivity index (χ4n) is 4.43. The van der Waals surface area contributed by atoms with E-state index in [2.05, 4.69) is 22.5 Å². The monoisotopic (exact) mass is 336 g/mol. The van der Waals surface area contributed by atoms with Crippen molar-refractivity contribution in [2.24, 2.45) is 16.3 Å². The quantitative estimate of drug-likeness (QED) is 0.599. The van der Waals surface area contributed by atoms with Crippen LogP contribution < -0.4 is 10.6 Å². The second kappa shape index (κ2) is 8.72. The summed E-state index contributed by atoms with van der Waals surface area (Å²) in [6, 6.07) is 0.513. The summed E-state index contributed by atoms with van der Waals surface area (Å²) < 4.78 is 0. The number of nitrogens with one attached hydrogen (secondary N) is 2. The summed E-state index contributed by atoms with van der Waals surface area (Å²) in [5.41, 5.74) is -0.250. The van der Waals surface area contributed by atoms with E-state index in [9.17, 15) is 4.79 Å². The van der Waals surface area contributed by atoms with E-state index in [1.807, 2.05) is 21.1 Å². The zero-order valence-electron chi connectivity index (χ0n) is 16.0. The Kier molecular flexibility index (Phi) is 6.93. The zero-order valence-corrected chi connectivity index (χ0v) is 16.0. The standard InChI is InChI=1S/C19H36N4O/c1-5-15-9-8-10-16(13-15)22-18(20-2)21-14-19(11-6-7-12-19)17(24)23(3)4/h15-16H,5-14H2,1-4H3,(H2,20,21,22). The van der Waals surface area contributed by atoms with Crippen LogP contribution in [0.25, 0.3) is 0 Å². The van der Waals surface area contributed by atoms with Crippen LogP contribution in [-0.2, 0) is 4.79 Å². The van der Waals surface area contributed by atoms with E-state index in [0.717, 1.165) is 37.6 Å². The average molecular weight is 337 g/mol. The number of nitrogens with zero attached hydrogens (tertiary/aromatic N) is 2. The van der Waals surface area contributed by atoms with Crippen LogP contribution in [-0.4, -0.2) is 50.5 Å². The van der Waals surface area contributed by atoms with Crippen LogP contribution in [0.2, 0.25) is 0 Å². The molecule has 0 radical (unpaired) electrons. The van der Waals surface area contributed by atoms with Gasteiger partial charge in [0.05, 0.1) is 5.41 Å². The average Bonchev–Trinajstić information content (AvgIpc) is 3.08. The number of carbonyl (C=O) groups excluding carboxylic acids is 1. The van der Waals surface area contributed by atoms with Gasteiger partial charge in [-0.1, -0.05) is 39.0 Å². The Bertz CT molecular complexity index is 441. The van der Waals surface area contributed by atoms with Gasteiger partial charge in [0.15, 0.2) is 5.96 Å². The summed E-state index contributed by atoms with van der Waals surface area (Å²) >= 11 is 0. The van der Waals surface area contributed by atoms with Crippen LogP contribution in [0.4, 0.5) is 0 Å². The van der Waals surface area contributed by atoms with Gasteiger partial charge in [0.25, 0.3) is 0 Å². The van der Waals surface area contributed by atoms with E-state index in [1.54, 1.807) is 4.90 Å². The van der Waals surface area contributed by atoms with E-state index in [-0.39, 0.29) is 11.3 Å². The lowest BCUT2D eigenvalue weighted by atomic mass is 9.84. The van der Waals surface area contributed by atoms with Crippen molar-refractivity contribution in [3.8, 4) is 0 Å². The number of hydrogen-bond donors (Lipinski definition) is 2. The van der Waals surface area contributed by atoms with Gasteiger partial charge in [0, 0.05) is 33.7 Å². The molecular formula is C19H36N4O. The van der Waals surface area contributed by atoms with E-state index in [4.69, 9.17) is 0 Å². The summed E-state index contributed by atoms with van der Waals surface area (Å²) in [4.78, 5) is 18.8. The molecule has 5 nitrogen and oxygen atoms in total. The normalized spacial score (nSPS) is 26.9. The highest BCUT2D eigenvalue weighted by Gasteiger charge is 2.42. The van der Waals surface area contributed by atoms with Crippen molar-refractivity contribution >= 4 is 11.9 Å². The Morgan fingerprint density at radius 2 is 1.92 bits per heavy atom. The van der Waals surface area contributed by atoms with Gasteiger partial charge in [-0.25, -0.2) is 0 Å². The summed E-state index contributed by atoms with van der Waals surface area (Å²) in [7, 11) is 5.55. The number of rotatable bonds is 5. The molecule has 0 saturated heterocycles. The highest BCUT2D eigenvalue weighted by Crippen LogP contribution is 2.38. The fourth-order valence-corrected chi connectivity index (χ4v) is 4.43. The van der Waals surface area contributed by atoms with Crippen LogP contribution in [0.15, 0.2) is 4.99 Å². The first-order chi connectivity index (χ1) is 11.5. The van der Waals surface area contributed by atoms with Crippen LogP contribution >= 0.6 is 0 Å². The predicted molar refractivity (Wildman–Crippen MR) is 100 cm³/mol. The Morgan fingerprint density at radius 1 is 1.21 bits per heavy atom. The van der Waals surface area contributed by atoms with Crippen molar-refractivity contribution in [2.75, 3.05) is 27.7 Å². The molecule has 0 aliphatic heterocycles. The highest BCUT2D eigenvalue weighted by molar-refractivity contribution is 5.85. The Morgan fingerprint density at radius 3 is 2.50 bits per heavy atom. The molecule has 138 valence electrons. The third kappa shape index (κ3) is 4.64. The molecule has 0 aromatic heterocycles. The maximum Gasteiger partial charge on any atom is 0.230 e. The molecule has 2 unspecified atom stereocenters. The number of carbonyl (C=O) groups is 1. The molecule has 24 heavy (non-hydrogen) atoms. The lowest BCUT2D eigenvalue weighted by Crippen LogP contribution is -2.51. The van der Waals surface area contributed by atoms with Crippen molar-refractivity contribution in [2.45, 2.75) is 70.8 Å². The van der Waals surface area contributed by atoms with Gasteiger partial charge in [-0.2, -0.15) is 0 Å². The zero-order chi connectivity index (χ0) is 17.6. The van der Waals surface area contributed by atoms with Gasteiger partial charge in [0.1, 0.15) is 0 Å². The first-order valence-corrected chi connectivity index (χ1v) is 9.69. The maximum atomic E-state index is 12.7. The van der Waals surface area contributed by atoms with Crippen molar-refractivity contribution in [3.63, 3.8) is 0 Å². The van der Waals surface area contributed by atoms with Gasteiger partial charge in [-0.3, -0.25) is 9.79 Å². The molecule has 2 rings (SSSR count). The van der Waals surface area contributed by atoms with Gasteiger partial charge >= 0.3 is 0 Å². The minimum atomic E-state index is -0.250. The molecule has 0 aromatic rings. The van der Waals surface area contributed by atoms with Gasteiger partial charge < -0.3 is 15.5 Å². The SMILES string of the molecule is CCC1CCCC(NC(=NC)NCC2(C(=O)N(C)C)CCCC2)C1. The fraction of sp³-hybridized carbons (Fsp3) is 0.895. The molecule has 2 atom stereocenters. The van der Waals surface area contributed by atoms with E-state index in [1.165, 1.54) is 32.1 Å². The molecule has 1 amide bonds. The Balaban J connectivity index is 1.91. The summed E-state index contributed by atoms with van der Waals surface area (Å²) in [5, 5.41) is 7.05. The van der Waals surface area contributed by atoms with Crippen LogP contribution in [0.1, 0.15) is 64.7 Å². The van der Waals surface area contributed by atoms with Crippen molar-refractivity contribution < 1.29 is 4.79 Å².